The van der Waals surface area contributed by atoms with Gasteiger partial charge in [-0.05, 0) is 29.7 Å². The number of hydrogen-bond donors (Lipinski definition) is 0. The van der Waals surface area contributed by atoms with Crippen molar-refractivity contribution in [2.45, 2.75) is 6.42 Å². The second-order valence-electron chi connectivity index (χ2n) is 3.51. The van der Waals surface area contributed by atoms with Crippen LogP contribution in [0, 0.1) is 0 Å². The van der Waals surface area contributed by atoms with E-state index in [1.165, 1.54) is 11.1 Å². The predicted octanol–water partition coefficient (Wildman–Crippen LogP) is 5.56. The van der Waals surface area contributed by atoms with Crippen molar-refractivity contribution in [1.29, 1.82) is 0 Å². The van der Waals surface area contributed by atoms with Gasteiger partial charge in [0.25, 0.3) is 0 Å². The molecule has 0 spiro atoms. The van der Waals surface area contributed by atoms with Gasteiger partial charge in [0.15, 0.2) is 0 Å². The van der Waals surface area contributed by atoms with Gasteiger partial charge >= 0.3 is 0 Å². The van der Waals surface area contributed by atoms with Crippen LogP contribution in [0.15, 0.2) is 55.9 Å². The molecule has 0 aliphatic carbocycles. The maximum Gasteiger partial charge on any atom is 0.0233 e. The summed E-state index contributed by atoms with van der Waals surface area (Å²) in [7, 11) is 0. The lowest BCUT2D eigenvalue weighted by Crippen LogP contribution is -1.91. The molecule has 0 saturated carbocycles. The van der Waals surface area contributed by atoms with Crippen molar-refractivity contribution < 1.29 is 0 Å². The average molecular weight is 405 g/mol. The van der Waals surface area contributed by atoms with Gasteiger partial charge in [-0.3, -0.25) is 0 Å². The zero-order valence-corrected chi connectivity index (χ0v) is 13.1. The fourth-order valence-corrected chi connectivity index (χ4v) is 4.08. The normalized spacial score (nSPS) is 10.4. The highest BCUT2D eigenvalue weighted by molar-refractivity contribution is 9.11. The molecule has 82 valence electrons. The van der Waals surface area contributed by atoms with Gasteiger partial charge in [-0.25, -0.2) is 0 Å². The van der Waals surface area contributed by atoms with E-state index in [1.54, 1.807) is 0 Å². The first kappa shape index (κ1) is 12.3. The van der Waals surface area contributed by atoms with Crippen LogP contribution in [0.2, 0.25) is 0 Å². The monoisotopic (exact) mass is 402 g/mol. The first-order valence-corrected chi connectivity index (χ1v) is 7.22. The van der Waals surface area contributed by atoms with Gasteiger partial charge < -0.3 is 0 Å². The molecule has 0 N–H and O–H groups in total. The first-order chi connectivity index (χ1) is 7.66. The van der Waals surface area contributed by atoms with E-state index in [2.05, 4.69) is 84.2 Å². The Hall–Kier alpha value is -0.120. The average Bonchev–Trinajstić information content (AvgIpc) is 2.25. The van der Waals surface area contributed by atoms with Gasteiger partial charge in [-0.15, -0.1) is 0 Å². The van der Waals surface area contributed by atoms with E-state index in [-0.39, 0.29) is 0 Å². The summed E-state index contributed by atoms with van der Waals surface area (Å²) in [5.74, 6) is 0. The smallest absolute Gasteiger partial charge is 0.0233 e. The Bertz CT molecular complexity index is 469. The number of halogens is 3. The Kier molecular flexibility index (Phi) is 4.22. The van der Waals surface area contributed by atoms with Crippen LogP contribution in [-0.2, 0) is 6.42 Å². The van der Waals surface area contributed by atoms with Crippen LogP contribution in [-0.4, -0.2) is 0 Å². The molecule has 0 nitrogen and oxygen atoms in total. The lowest BCUT2D eigenvalue weighted by molar-refractivity contribution is 1.16. The molecule has 0 bridgehead atoms. The molecule has 0 atom stereocenters. The predicted molar refractivity (Wildman–Crippen MR) is 78.8 cm³/mol. The van der Waals surface area contributed by atoms with E-state index < -0.39 is 0 Å². The number of rotatable bonds is 2. The minimum absolute atomic E-state index is 0.926. The molecule has 0 aliphatic rings. The second-order valence-corrected chi connectivity index (χ2v) is 6.13. The molecule has 2 aromatic rings. The van der Waals surface area contributed by atoms with Crippen LogP contribution in [0.5, 0.6) is 0 Å². The molecule has 0 amide bonds. The van der Waals surface area contributed by atoms with Crippen LogP contribution in [0.25, 0.3) is 0 Å². The zero-order chi connectivity index (χ0) is 11.5. The Labute approximate surface area is 120 Å². The molecule has 0 heterocycles. The molecular weight excluding hydrogens is 396 g/mol. The third-order valence-electron chi connectivity index (χ3n) is 2.33. The molecule has 16 heavy (non-hydrogen) atoms. The van der Waals surface area contributed by atoms with Gasteiger partial charge in [0.2, 0.25) is 0 Å². The molecule has 0 radical (unpaired) electrons. The van der Waals surface area contributed by atoms with Crippen LogP contribution in [0.1, 0.15) is 11.1 Å². The van der Waals surface area contributed by atoms with Crippen molar-refractivity contribution in [3.05, 3.63) is 67.0 Å². The molecule has 0 fully saturated rings. The Balaban J connectivity index is 2.35. The maximum absolute atomic E-state index is 3.60. The minimum atomic E-state index is 0.926. The highest BCUT2D eigenvalue weighted by Gasteiger charge is 2.07. The van der Waals surface area contributed by atoms with Gasteiger partial charge in [-0.2, -0.15) is 0 Å². The third-order valence-corrected chi connectivity index (χ3v) is 4.20. The van der Waals surface area contributed by atoms with Crippen molar-refractivity contribution in [2.75, 3.05) is 0 Å². The van der Waals surface area contributed by atoms with Gasteiger partial charge in [-0.1, -0.05) is 78.1 Å². The Morgan fingerprint density at radius 2 is 1.38 bits per heavy atom. The summed E-state index contributed by atoms with van der Waals surface area (Å²) in [6, 6.07) is 14.6. The van der Waals surface area contributed by atoms with Crippen LogP contribution < -0.4 is 0 Å². The maximum atomic E-state index is 3.60. The summed E-state index contributed by atoms with van der Waals surface area (Å²) in [6.45, 7) is 0. The lowest BCUT2D eigenvalue weighted by atomic mass is 10.1. The number of benzene rings is 2. The highest BCUT2D eigenvalue weighted by Crippen LogP contribution is 2.31. The summed E-state index contributed by atoms with van der Waals surface area (Å²) < 4.78 is 3.32. The minimum Gasteiger partial charge on any atom is -0.0622 e. The topological polar surface area (TPSA) is 0 Å². The van der Waals surface area contributed by atoms with Crippen LogP contribution >= 0.6 is 47.8 Å². The Morgan fingerprint density at radius 3 is 1.94 bits per heavy atom. The fraction of sp³-hybridized carbons (Fsp3) is 0.0769. The first-order valence-electron chi connectivity index (χ1n) is 4.84. The molecule has 0 aromatic heterocycles. The van der Waals surface area contributed by atoms with Crippen LogP contribution in [0.3, 0.4) is 0 Å². The third kappa shape index (κ3) is 2.96. The molecule has 2 rings (SSSR count). The Morgan fingerprint density at radius 1 is 0.812 bits per heavy atom. The molecule has 0 aliphatic heterocycles. The summed E-state index contributed by atoms with van der Waals surface area (Å²) in [5, 5.41) is 0. The van der Waals surface area contributed by atoms with E-state index in [9.17, 15) is 0 Å². The number of hydrogen-bond acceptors (Lipinski definition) is 0. The summed E-state index contributed by atoms with van der Waals surface area (Å²) in [4.78, 5) is 0. The van der Waals surface area contributed by atoms with Crippen molar-refractivity contribution in [3.8, 4) is 0 Å². The summed E-state index contributed by atoms with van der Waals surface area (Å²) in [6.07, 6.45) is 0.926. The van der Waals surface area contributed by atoms with E-state index >= 15 is 0 Å². The van der Waals surface area contributed by atoms with Crippen molar-refractivity contribution in [3.63, 3.8) is 0 Å². The molecule has 3 heteroatoms. The van der Waals surface area contributed by atoms with Gasteiger partial charge in [0, 0.05) is 13.4 Å². The summed E-state index contributed by atoms with van der Waals surface area (Å²) >= 11 is 10.7. The summed E-state index contributed by atoms with van der Waals surface area (Å²) in [5.41, 5.74) is 2.58. The fourth-order valence-electron chi connectivity index (χ4n) is 1.54. The molecule has 0 saturated heterocycles. The van der Waals surface area contributed by atoms with E-state index in [4.69, 9.17) is 0 Å². The van der Waals surface area contributed by atoms with Crippen LogP contribution in [0.4, 0.5) is 0 Å². The van der Waals surface area contributed by atoms with Crippen molar-refractivity contribution in [2.24, 2.45) is 0 Å². The molecule has 2 aromatic carbocycles. The van der Waals surface area contributed by atoms with E-state index in [0.717, 1.165) is 19.8 Å². The van der Waals surface area contributed by atoms with E-state index in [0.29, 0.717) is 0 Å². The zero-order valence-electron chi connectivity index (χ0n) is 8.38. The molecular formula is C13H9Br3. The second kappa shape index (κ2) is 5.48. The standard InChI is InChI=1S/C13H9Br3/c14-10-7-12(15)11(13(16)8-10)6-9-4-2-1-3-5-9/h1-5,7-8H,6H2. The lowest BCUT2D eigenvalue weighted by Gasteiger charge is -2.08. The van der Waals surface area contributed by atoms with Gasteiger partial charge in [0.1, 0.15) is 0 Å². The SMILES string of the molecule is Brc1cc(Br)c(Cc2ccccc2)c(Br)c1. The highest BCUT2D eigenvalue weighted by atomic mass is 79.9. The van der Waals surface area contributed by atoms with Gasteiger partial charge in [0.05, 0.1) is 0 Å². The largest absolute Gasteiger partial charge is 0.0622 e. The van der Waals surface area contributed by atoms with Crippen molar-refractivity contribution >= 4 is 47.8 Å². The van der Waals surface area contributed by atoms with Crippen molar-refractivity contribution in [1.82, 2.24) is 0 Å². The van der Waals surface area contributed by atoms with E-state index in [1.807, 2.05) is 6.07 Å². The molecule has 0 unspecified atom stereocenters. The quantitative estimate of drug-likeness (QED) is 0.614.